The number of pyridine rings is 1. The second-order valence-corrected chi connectivity index (χ2v) is 9.93. The summed E-state index contributed by atoms with van der Waals surface area (Å²) in [5.41, 5.74) is 4.12. The normalized spacial score (nSPS) is 11.9. The summed E-state index contributed by atoms with van der Waals surface area (Å²) >= 11 is 5.84. The average molecular weight is 498 g/mol. The van der Waals surface area contributed by atoms with Gasteiger partial charge in [-0.2, -0.15) is 0 Å². The SMILES string of the molecule is CNC(=O)CCC/C=C(\c1ccc(CCNS(=O)(=O)c2ccc(Cl)cc2)cc1)c1cccnc1. The van der Waals surface area contributed by atoms with E-state index < -0.39 is 10.0 Å². The van der Waals surface area contributed by atoms with Crippen LogP contribution in [0.3, 0.4) is 0 Å². The number of unbranched alkanes of at least 4 members (excludes halogenated alkanes) is 1. The predicted molar refractivity (Wildman–Crippen MR) is 136 cm³/mol. The molecular formula is C26H28ClN3O3S. The third kappa shape index (κ3) is 7.52. The second-order valence-electron chi connectivity index (χ2n) is 7.72. The van der Waals surface area contributed by atoms with Gasteiger partial charge < -0.3 is 5.32 Å². The average Bonchev–Trinajstić information content (AvgIpc) is 2.85. The zero-order valence-corrected chi connectivity index (χ0v) is 20.6. The van der Waals surface area contributed by atoms with Crippen LogP contribution in [0, 0.1) is 0 Å². The Labute approximate surface area is 206 Å². The molecule has 2 aromatic carbocycles. The van der Waals surface area contributed by atoms with Gasteiger partial charge in [-0.15, -0.1) is 0 Å². The fourth-order valence-electron chi connectivity index (χ4n) is 3.44. The number of hydrogen-bond acceptors (Lipinski definition) is 4. The Morgan fingerprint density at radius 1 is 1.03 bits per heavy atom. The van der Waals surface area contributed by atoms with Crippen LogP contribution >= 0.6 is 11.6 Å². The molecule has 8 heteroatoms. The summed E-state index contributed by atoms with van der Waals surface area (Å²) in [7, 11) is -1.94. The number of aromatic nitrogens is 1. The molecule has 1 heterocycles. The molecule has 2 N–H and O–H groups in total. The number of sulfonamides is 1. The van der Waals surface area contributed by atoms with Crippen molar-refractivity contribution < 1.29 is 13.2 Å². The van der Waals surface area contributed by atoms with Crippen molar-refractivity contribution in [3.8, 4) is 0 Å². The lowest BCUT2D eigenvalue weighted by Gasteiger charge is -2.11. The summed E-state index contributed by atoms with van der Waals surface area (Å²) in [4.78, 5) is 15.9. The quantitative estimate of drug-likeness (QED) is 0.379. The van der Waals surface area contributed by atoms with E-state index in [1.807, 2.05) is 42.6 Å². The van der Waals surface area contributed by atoms with E-state index in [9.17, 15) is 13.2 Å². The summed E-state index contributed by atoms with van der Waals surface area (Å²) in [6, 6.07) is 18.1. The Bertz CT molecular complexity index is 1210. The Morgan fingerprint density at radius 3 is 2.41 bits per heavy atom. The fourth-order valence-corrected chi connectivity index (χ4v) is 4.59. The third-order valence-corrected chi connectivity index (χ3v) is 7.03. The molecular weight excluding hydrogens is 470 g/mol. The molecule has 0 atom stereocenters. The third-order valence-electron chi connectivity index (χ3n) is 5.30. The zero-order chi connectivity index (χ0) is 24.4. The maximum absolute atomic E-state index is 12.4. The highest BCUT2D eigenvalue weighted by Gasteiger charge is 2.13. The van der Waals surface area contributed by atoms with Gasteiger partial charge in [0.25, 0.3) is 0 Å². The Morgan fingerprint density at radius 2 is 1.76 bits per heavy atom. The summed E-state index contributed by atoms with van der Waals surface area (Å²) < 4.78 is 27.5. The van der Waals surface area contributed by atoms with Gasteiger partial charge in [-0.3, -0.25) is 9.78 Å². The van der Waals surface area contributed by atoms with Crippen molar-refractivity contribution >= 4 is 33.1 Å². The van der Waals surface area contributed by atoms with E-state index in [4.69, 9.17) is 11.6 Å². The predicted octanol–water partition coefficient (Wildman–Crippen LogP) is 4.60. The van der Waals surface area contributed by atoms with Gasteiger partial charge in [0.05, 0.1) is 4.90 Å². The van der Waals surface area contributed by atoms with Crippen molar-refractivity contribution in [3.63, 3.8) is 0 Å². The molecule has 178 valence electrons. The molecule has 0 aliphatic rings. The molecule has 0 saturated carbocycles. The molecule has 0 saturated heterocycles. The van der Waals surface area contributed by atoms with Gasteiger partial charge in [0, 0.05) is 43.0 Å². The number of carbonyl (C=O) groups excluding carboxylic acids is 1. The van der Waals surface area contributed by atoms with Gasteiger partial charge in [0.2, 0.25) is 15.9 Å². The molecule has 3 aromatic rings. The lowest BCUT2D eigenvalue weighted by atomic mass is 9.96. The van der Waals surface area contributed by atoms with Crippen LogP contribution in [0.2, 0.25) is 5.02 Å². The molecule has 0 bridgehead atoms. The summed E-state index contributed by atoms with van der Waals surface area (Å²) in [6.45, 7) is 0.287. The molecule has 0 aliphatic carbocycles. The molecule has 1 aromatic heterocycles. The highest BCUT2D eigenvalue weighted by Crippen LogP contribution is 2.24. The van der Waals surface area contributed by atoms with Crippen LogP contribution in [-0.2, 0) is 21.2 Å². The number of halogens is 1. The van der Waals surface area contributed by atoms with Crippen molar-refractivity contribution in [1.29, 1.82) is 0 Å². The van der Waals surface area contributed by atoms with Crippen LogP contribution in [0.1, 0.15) is 36.0 Å². The largest absolute Gasteiger partial charge is 0.359 e. The standard InChI is InChI=1S/C26H28ClN3O3S/c1-28-26(31)7-3-2-6-25(22-5-4-17-29-19-22)21-10-8-20(9-11-21)16-18-30-34(32,33)24-14-12-23(27)13-15-24/h4-6,8-15,17,19,30H,2-3,7,16,18H2,1H3,(H,28,31)/b25-6+. The molecule has 0 unspecified atom stereocenters. The van der Waals surface area contributed by atoms with Crippen LogP contribution in [-0.4, -0.2) is 32.9 Å². The number of rotatable bonds is 11. The maximum Gasteiger partial charge on any atom is 0.240 e. The second kappa shape index (κ2) is 12.5. The van der Waals surface area contributed by atoms with Crippen LogP contribution in [0.15, 0.2) is 84.0 Å². The Hall–Kier alpha value is -3.00. The smallest absolute Gasteiger partial charge is 0.240 e. The number of nitrogens with one attached hydrogen (secondary N) is 2. The maximum atomic E-state index is 12.4. The number of benzene rings is 2. The van der Waals surface area contributed by atoms with Crippen LogP contribution in [0.5, 0.6) is 0 Å². The zero-order valence-electron chi connectivity index (χ0n) is 19.0. The van der Waals surface area contributed by atoms with Crippen LogP contribution in [0.4, 0.5) is 0 Å². The van der Waals surface area contributed by atoms with Gasteiger partial charge in [-0.1, -0.05) is 48.0 Å². The minimum Gasteiger partial charge on any atom is -0.359 e. The van der Waals surface area contributed by atoms with Gasteiger partial charge in [-0.25, -0.2) is 13.1 Å². The van der Waals surface area contributed by atoms with E-state index in [0.29, 0.717) is 17.9 Å². The van der Waals surface area contributed by atoms with E-state index >= 15 is 0 Å². The minimum atomic E-state index is -3.58. The molecule has 6 nitrogen and oxygen atoms in total. The van der Waals surface area contributed by atoms with Gasteiger partial charge >= 0.3 is 0 Å². The van der Waals surface area contributed by atoms with Crippen molar-refractivity contribution in [2.24, 2.45) is 0 Å². The first kappa shape index (κ1) is 25.6. The van der Waals surface area contributed by atoms with Gasteiger partial charge in [0.1, 0.15) is 0 Å². The number of nitrogens with zero attached hydrogens (tertiary/aromatic N) is 1. The first-order chi connectivity index (χ1) is 16.4. The molecule has 0 spiro atoms. The molecule has 0 fully saturated rings. The lowest BCUT2D eigenvalue weighted by Crippen LogP contribution is -2.25. The fraction of sp³-hybridized carbons (Fsp3) is 0.231. The van der Waals surface area contributed by atoms with Crippen LogP contribution in [0.25, 0.3) is 5.57 Å². The number of carbonyl (C=O) groups is 1. The molecule has 0 radical (unpaired) electrons. The first-order valence-corrected chi connectivity index (χ1v) is 12.9. The monoisotopic (exact) mass is 497 g/mol. The van der Waals surface area contributed by atoms with Crippen molar-refractivity contribution in [2.75, 3.05) is 13.6 Å². The van der Waals surface area contributed by atoms with E-state index in [-0.39, 0.29) is 17.3 Å². The molecule has 34 heavy (non-hydrogen) atoms. The topological polar surface area (TPSA) is 88.2 Å². The van der Waals surface area contributed by atoms with Gasteiger partial charge in [-0.05, 0) is 66.3 Å². The van der Waals surface area contributed by atoms with E-state index in [2.05, 4.69) is 21.1 Å². The van der Waals surface area contributed by atoms with Crippen molar-refractivity contribution in [1.82, 2.24) is 15.0 Å². The van der Waals surface area contributed by atoms with Gasteiger partial charge in [0.15, 0.2) is 0 Å². The molecule has 1 amide bonds. The molecule has 0 aliphatic heterocycles. The number of hydrogen-bond donors (Lipinski definition) is 2. The highest BCUT2D eigenvalue weighted by atomic mass is 35.5. The summed E-state index contributed by atoms with van der Waals surface area (Å²) in [5, 5.41) is 3.13. The Kier molecular flexibility index (Phi) is 9.39. The van der Waals surface area contributed by atoms with Crippen molar-refractivity contribution in [2.45, 2.75) is 30.6 Å². The van der Waals surface area contributed by atoms with E-state index in [0.717, 1.165) is 35.1 Å². The van der Waals surface area contributed by atoms with E-state index in [1.54, 1.807) is 25.4 Å². The van der Waals surface area contributed by atoms with Crippen molar-refractivity contribution in [3.05, 3.63) is 101 Å². The first-order valence-electron chi connectivity index (χ1n) is 11.0. The highest BCUT2D eigenvalue weighted by molar-refractivity contribution is 7.89. The Balaban J connectivity index is 1.65. The minimum absolute atomic E-state index is 0.0346. The lowest BCUT2D eigenvalue weighted by molar-refractivity contribution is -0.120. The number of amides is 1. The van der Waals surface area contributed by atoms with Crippen LogP contribution < -0.4 is 10.0 Å². The molecule has 3 rings (SSSR count). The van der Waals surface area contributed by atoms with E-state index in [1.165, 1.54) is 12.1 Å². The summed E-state index contributed by atoms with van der Waals surface area (Å²) in [6.07, 6.45) is 8.27. The summed E-state index contributed by atoms with van der Waals surface area (Å²) in [5.74, 6) is 0.0346. The number of allylic oxidation sites excluding steroid dienone is 1.